The summed E-state index contributed by atoms with van der Waals surface area (Å²) in [5.41, 5.74) is 3.83. The number of sulfonamides is 1. The molecule has 3 rings (SSSR count). The number of anilines is 1. The minimum atomic E-state index is -3.86. The Bertz CT molecular complexity index is 875. The van der Waals surface area contributed by atoms with E-state index in [4.69, 9.17) is 0 Å². The van der Waals surface area contributed by atoms with Crippen molar-refractivity contribution >= 4 is 27.1 Å². The first kappa shape index (κ1) is 18.5. The fraction of sp³-hybridized carbons (Fsp3) is 0.471. The minimum absolute atomic E-state index is 0.125. The molecule has 2 aliphatic carbocycles. The Morgan fingerprint density at radius 2 is 2.08 bits per heavy atom. The van der Waals surface area contributed by atoms with E-state index in [0.29, 0.717) is 11.8 Å². The van der Waals surface area contributed by atoms with Crippen molar-refractivity contribution in [3.05, 3.63) is 40.5 Å². The molecule has 1 aromatic rings. The largest absolute Gasteiger partial charge is 0.277 e. The zero-order valence-corrected chi connectivity index (χ0v) is 15.6. The van der Waals surface area contributed by atoms with Crippen molar-refractivity contribution in [2.75, 3.05) is 18.5 Å². The van der Waals surface area contributed by atoms with Gasteiger partial charge in [0.15, 0.2) is 0 Å². The molecule has 140 valence electrons. The summed E-state index contributed by atoms with van der Waals surface area (Å²) in [5, 5.41) is 15.5. The summed E-state index contributed by atoms with van der Waals surface area (Å²) in [5.74, 6) is 0.926. The van der Waals surface area contributed by atoms with E-state index in [2.05, 4.69) is 22.7 Å². The number of nitrogens with one attached hydrogen (secondary N) is 1. The number of fused-ring (bicyclic) bond motifs is 1. The van der Waals surface area contributed by atoms with Gasteiger partial charge in [0.2, 0.25) is 10.0 Å². The van der Waals surface area contributed by atoms with Crippen LogP contribution in [0.2, 0.25) is 0 Å². The van der Waals surface area contributed by atoms with Crippen molar-refractivity contribution in [1.29, 1.82) is 0 Å². The zero-order valence-electron chi connectivity index (χ0n) is 14.8. The van der Waals surface area contributed by atoms with E-state index in [1.165, 1.54) is 16.4 Å². The lowest BCUT2D eigenvalue weighted by atomic mass is 9.74. The van der Waals surface area contributed by atoms with Gasteiger partial charge in [-0.05, 0) is 24.8 Å². The van der Waals surface area contributed by atoms with E-state index in [1.54, 1.807) is 13.8 Å². The fourth-order valence-corrected chi connectivity index (χ4v) is 5.05. The van der Waals surface area contributed by atoms with E-state index >= 15 is 0 Å². The van der Waals surface area contributed by atoms with Gasteiger partial charge in [0, 0.05) is 36.9 Å². The Balaban J connectivity index is 1.94. The van der Waals surface area contributed by atoms with Gasteiger partial charge in [-0.2, -0.15) is 9.41 Å². The molecule has 0 spiro atoms. The van der Waals surface area contributed by atoms with Gasteiger partial charge in [-0.15, -0.1) is 0 Å². The number of rotatable bonds is 7. The Hall–Kier alpha value is -2.26. The average molecular weight is 378 g/mol. The van der Waals surface area contributed by atoms with Gasteiger partial charge in [-0.1, -0.05) is 26.0 Å². The number of nitro benzene ring substituents is 1. The Kier molecular flexibility index (Phi) is 5.10. The van der Waals surface area contributed by atoms with Crippen molar-refractivity contribution in [2.24, 2.45) is 16.9 Å². The van der Waals surface area contributed by atoms with Crippen LogP contribution in [0.15, 0.2) is 40.3 Å². The smallest absolute Gasteiger partial charge is 0.270 e. The number of nitrogens with zero attached hydrogens (tertiary/aromatic N) is 3. The van der Waals surface area contributed by atoms with Crippen LogP contribution in [0.4, 0.5) is 11.4 Å². The SMILES string of the molecule is CCN(CC)S(=O)(=O)c1cc([N+](=O)[O-])ccc1N/N=C1/C[C@H]2C=CC[C@H]12. The highest BCUT2D eigenvalue weighted by Gasteiger charge is 2.38. The van der Waals surface area contributed by atoms with E-state index in [9.17, 15) is 18.5 Å². The lowest BCUT2D eigenvalue weighted by Gasteiger charge is -2.32. The van der Waals surface area contributed by atoms with Crippen LogP contribution < -0.4 is 5.43 Å². The maximum Gasteiger partial charge on any atom is 0.270 e. The maximum absolute atomic E-state index is 12.9. The Labute approximate surface area is 152 Å². The summed E-state index contributed by atoms with van der Waals surface area (Å²) in [6, 6.07) is 3.78. The highest BCUT2D eigenvalue weighted by Crippen LogP contribution is 2.40. The summed E-state index contributed by atoms with van der Waals surface area (Å²) in [7, 11) is -3.86. The molecule has 0 aromatic heterocycles. The van der Waals surface area contributed by atoms with E-state index in [0.717, 1.165) is 24.6 Å². The molecule has 8 nitrogen and oxygen atoms in total. The predicted octanol–water partition coefficient (Wildman–Crippen LogP) is 2.99. The highest BCUT2D eigenvalue weighted by atomic mass is 32.2. The molecule has 1 saturated carbocycles. The highest BCUT2D eigenvalue weighted by molar-refractivity contribution is 7.89. The van der Waals surface area contributed by atoms with Crippen LogP contribution in [0.1, 0.15) is 26.7 Å². The van der Waals surface area contributed by atoms with Crippen LogP contribution in [0.5, 0.6) is 0 Å². The van der Waals surface area contributed by atoms with E-state index in [1.807, 2.05) is 0 Å². The van der Waals surface area contributed by atoms with Gasteiger partial charge in [-0.3, -0.25) is 15.5 Å². The molecule has 1 aromatic carbocycles. The molecule has 2 aliphatic rings. The molecule has 0 bridgehead atoms. The second-order valence-corrected chi connectivity index (χ2v) is 8.29. The monoisotopic (exact) mass is 378 g/mol. The third kappa shape index (κ3) is 3.24. The van der Waals surface area contributed by atoms with Crippen molar-refractivity contribution in [3.8, 4) is 0 Å². The first-order chi connectivity index (χ1) is 12.4. The number of allylic oxidation sites excluding steroid dienone is 2. The number of nitro groups is 1. The molecule has 0 saturated heterocycles. The summed E-state index contributed by atoms with van der Waals surface area (Å²) in [4.78, 5) is 10.4. The predicted molar refractivity (Wildman–Crippen MR) is 99.6 cm³/mol. The topological polar surface area (TPSA) is 105 Å². The molecule has 0 unspecified atom stereocenters. The van der Waals surface area contributed by atoms with Crippen molar-refractivity contribution in [3.63, 3.8) is 0 Å². The average Bonchev–Trinajstić information content (AvgIpc) is 2.96. The summed E-state index contributed by atoms with van der Waals surface area (Å²) < 4.78 is 27.1. The van der Waals surface area contributed by atoms with Crippen LogP contribution in [-0.2, 0) is 10.0 Å². The summed E-state index contributed by atoms with van der Waals surface area (Å²) in [6.07, 6.45) is 6.14. The van der Waals surface area contributed by atoms with Crippen molar-refractivity contribution < 1.29 is 13.3 Å². The number of hydrogen-bond acceptors (Lipinski definition) is 6. The maximum atomic E-state index is 12.9. The fourth-order valence-electron chi connectivity index (χ4n) is 3.43. The van der Waals surface area contributed by atoms with Crippen LogP contribution in [0.25, 0.3) is 0 Å². The molecule has 0 amide bonds. The molecule has 9 heteroatoms. The Morgan fingerprint density at radius 3 is 2.69 bits per heavy atom. The molecule has 0 radical (unpaired) electrons. The van der Waals surface area contributed by atoms with Crippen LogP contribution in [0.3, 0.4) is 0 Å². The molecule has 26 heavy (non-hydrogen) atoms. The molecule has 0 aliphatic heterocycles. The van der Waals surface area contributed by atoms with Crippen molar-refractivity contribution in [2.45, 2.75) is 31.6 Å². The molecular formula is C17H22N4O4S. The molecule has 2 atom stereocenters. The van der Waals surface area contributed by atoms with E-state index in [-0.39, 0.29) is 29.4 Å². The number of benzene rings is 1. The van der Waals surface area contributed by atoms with Crippen molar-refractivity contribution in [1.82, 2.24) is 4.31 Å². The summed E-state index contributed by atoms with van der Waals surface area (Å²) >= 11 is 0. The Morgan fingerprint density at radius 1 is 1.35 bits per heavy atom. The second kappa shape index (κ2) is 7.16. The first-order valence-corrected chi connectivity index (χ1v) is 10.1. The standard InChI is InChI=1S/C17H22N4O4S/c1-3-20(4-2)26(24,25)17-11-13(21(22)23)8-9-15(17)18-19-16-10-12-6-5-7-14(12)16/h5-6,8-9,11-12,14,18H,3-4,7,10H2,1-2H3/b19-16-/t12-,14+/m1/s1. The van der Waals surface area contributed by atoms with E-state index < -0.39 is 14.9 Å². The minimum Gasteiger partial charge on any atom is -0.277 e. The van der Waals surface area contributed by atoms with Crippen LogP contribution in [0, 0.1) is 22.0 Å². The third-order valence-electron chi connectivity index (χ3n) is 4.98. The molecule has 0 heterocycles. The van der Waals surface area contributed by atoms with Gasteiger partial charge in [0.1, 0.15) is 4.90 Å². The lowest BCUT2D eigenvalue weighted by Crippen LogP contribution is -2.34. The number of hydrazone groups is 1. The number of hydrogen-bond donors (Lipinski definition) is 1. The second-order valence-electron chi connectivity index (χ2n) is 6.38. The molecular weight excluding hydrogens is 356 g/mol. The van der Waals surface area contributed by atoms with Gasteiger partial charge in [0.05, 0.1) is 10.6 Å². The van der Waals surface area contributed by atoms with Gasteiger partial charge < -0.3 is 0 Å². The first-order valence-electron chi connectivity index (χ1n) is 8.66. The summed E-state index contributed by atoms with van der Waals surface area (Å²) in [6.45, 7) is 4.02. The lowest BCUT2D eigenvalue weighted by molar-refractivity contribution is -0.385. The van der Waals surface area contributed by atoms with Gasteiger partial charge >= 0.3 is 0 Å². The molecule has 1 N–H and O–H groups in total. The molecule has 1 fully saturated rings. The normalized spacial score (nSPS) is 23.1. The van der Waals surface area contributed by atoms with Gasteiger partial charge in [0.25, 0.3) is 5.69 Å². The van der Waals surface area contributed by atoms with Gasteiger partial charge in [-0.25, -0.2) is 8.42 Å². The third-order valence-corrected chi connectivity index (χ3v) is 7.07. The quantitative estimate of drug-likeness (QED) is 0.446. The van der Waals surface area contributed by atoms with Crippen LogP contribution >= 0.6 is 0 Å². The zero-order chi connectivity index (χ0) is 18.9. The number of non-ortho nitro benzene ring substituents is 1. The van der Waals surface area contributed by atoms with Crippen LogP contribution in [-0.4, -0.2) is 36.4 Å².